The zero-order chi connectivity index (χ0) is 10.3. The molecule has 0 spiro atoms. The van der Waals surface area contributed by atoms with Crippen molar-refractivity contribution in [2.75, 3.05) is 0 Å². The summed E-state index contributed by atoms with van der Waals surface area (Å²) in [5.41, 5.74) is 0.352. The Morgan fingerprint density at radius 2 is 1.93 bits per heavy atom. The Morgan fingerprint density at radius 3 is 2.64 bits per heavy atom. The number of nitrogens with one attached hydrogen (secondary N) is 1. The summed E-state index contributed by atoms with van der Waals surface area (Å²) in [6, 6.07) is 3.09. The van der Waals surface area contributed by atoms with Gasteiger partial charge in [-0.2, -0.15) is 5.10 Å². The molecule has 0 saturated heterocycles. The van der Waals surface area contributed by atoms with E-state index < -0.39 is 0 Å². The van der Waals surface area contributed by atoms with Gasteiger partial charge in [0, 0.05) is 0 Å². The van der Waals surface area contributed by atoms with E-state index in [0.717, 1.165) is 0 Å². The molecule has 14 heavy (non-hydrogen) atoms. The molecule has 0 amide bonds. The lowest BCUT2D eigenvalue weighted by Gasteiger charge is -2.00. The van der Waals surface area contributed by atoms with Gasteiger partial charge in [-0.25, -0.2) is 0 Å². The maximum absolute atomic E-state index is 11.6. The summed E-state index contributed by atoms with van der Waals surface area (Å²) < 4.78 is 0.225. The van der Waals surface area contributed by atoms with Crippen molar-refractivity contribution in [3.8, 4) is 0 Å². The van der Waals surface area contributed by atoms with E-state index in [1.807, 2.05) is 0 Å². The predicted octanol–water partition coefficient (Wildman–Crippen LogP) is 2.99. The Labute approximate surface area is 97.2 Å². The maximum atomic E-state index is 11.6. The molecular formula is C8H3BrCl2N2O. The highest BCUT2D eigenvalue weighted by Crippen LogP contribution is 2.25. The van der Waals surface area contributed by atoms with Crippen molar-refractivity contribution >= 4 is 50.0 Å². The molecule has 0 bridgehead atoms. The van der Waals surface area contributed by atoms with E-state index in [9.17, 15) is 4.79 Å². The highest BCUT2D eigenvalue weighted by molar-refractivity contribution is 9.10. The number of H-pyrrole nitrogens is 1. The third kappa shape index (κ3) is 1.54. The normalized spacial score (nSPS) is 10.8. The second-order valence-electron chi connectivity index (χ2n) is 2.66. The van der Waals surface area contributed by atoms with Crippen LogP contribution >= 0.6 is 39.1 Å². The Hall–Kier alpha value is -0.580. The summed E-state index contributed by atoms with van der Waals surface area (Å²) in [4.78, 5) is 11.6. The molecule has 0 saturated carbocycles. The van der Waals surface area contributed by atoms with Gasteiger partial charge in [0.2, 0.25) is 5.43 Å². The van der Waals surface area contributed by atoms with Gasteiger partial charge in [-0.3, -0.25) is 9.89 Å². The molecule has 1 heterocycles. The van der Waals surface area contributed by atoms with Gasteiger partial charge in [-0.05, 0) is 28.1 Å². The number of benzene rings is 1. The fraction of sp³-hybridized carbons (Fsp3) is 0. The number of rotatable bonds is 0. The van der Waals surface area contributed by atoms with Crippen LogP contribution in [0.25, 0.3) is 10.9 Å². The first-order valence-electron chi connectivity index (χ1n) is 3.62. The molecule has 1 N–H and O–H groups in total. The first kappa shape index (κ1) is 9.96. The molecule has 2 aromatic rings. The van der Waals surface area contributed by atoms with Crippen molar-refractivity contribution in [2.24, 2.45) is 0 Å². The lowest BCUT2D eigenvalue weighted by atomic mass is 10.2. The molecule has 0 atom stereocenters. The second kappa shape index (κ2) is 3.53. The number of aromatic nitrogens is 2. The standard InChI is InChI=1S/C8H3BrCl2N2O/c9-8-7(14)3-1-4(10)5(11)2-6(3)12-13-8/h1-2H,(H,12,14). The van der Waals surface area contributed by atoms with Crippen LogP contribution in [-0.2, 0) is 0 Å². The SMILES string of the molecule is O=c1c(Br)n[nH]c2cc(Cl)c(Cl)cc12. The van der Waals surface area contributed by atoms with Crippen molar-refractivity contribution in [2.45, 2.75) is 0 Å². The minimum Gasteiger partial charge on any atom is -0.286 e. The van der Waals surface area contributed by atoms with Gasteiger partial charge in [-0.1, -0.05) is 23.2 Å². The summed E-state index contributed by atoms with van der Waals surface area (Å²) in [6.07, 6.45) is 0. The van der Waals surface area contributed by atoms with Crippen molar-refractivity contribution in [3.63, 3.8) is 0 Å². The topological polar surface area (TPSA) is 45.8 Å². The minimum absolute atomic E-state index is 0.211. The van der Waals surface area contributed by atoms with Gasteiger partial charge in [0.15, 0.2) is 4.60 Å². The van der Waals surface area contributed by atoms with E-state index >= 15 is 0 Å². The van der Waals surface area contributed by atoms with Crippen LogP contribution < -0.4 is 5.43 Å². The van der Waals surface area contributed by atoms with E-state index in [4.69, 9.17) is 23.2 Å². The summed E-state index contributed by atoms with van der Waals surface area (Å²) >= 11 is 14.6. The monoisotopic (exact) mass is 292 g/mol. The molecule has 0 aliphatic heterocycles. The van der Waals surface area contributed by atoms with Crippen LogP contribution in [0.4, 0.5) is 0 Å². The highest BCUT2D eigenvalue weighted by Gasteiger charge is 2.07. The lowest BCUT2D eigenvalue weighted by Crippen LogP contribution is -2.06. The first-order chi connectivity index (χ1) is 6.59. The van der Waals surface area contributed by atoms with E-state index in [2.05, 4.69) is 26.1 Å². The molecular weight excluding hydrogens is 291 g/mol. The van der Waals surface area contributed by atoms with Crippen LogP contribution in [0.3, 0.4) is 0 Å². The number of hydrogen-bond donors (Lipinski definition) is 1. The van der Waals surface area contributed by atoms with Gasteiger partial charge in [0.25, 0.3) is 0 Å². The van der Waals surface area contributed by atoms with E-state index in [-0.39, 0.29) is 10.0 Å². The van der Waals surface area contributed by atoms with Gasteiger partial charge < -0.3 is 0 Å². The molecule has 0 aliphatic carbocycles. The summed E-state index contributed by atoms with van der Waals surface area (Å²) in [6.45, 7) is 0. The zero-order valence-electron chi connectivity index (χ0n) is 6.64. The molecule has 0 aliphatic rings. The van der Waals surface area contributed by atoms with Crippen LogP contribution in [0, 0.1) is 0 Å². The Morgan fingerprint density at radius 1 is 1.29 bits per heavy atom. The molecule has 6 heteroatoms. The third-order valence-corrected chi connectivity index (χ3v) is 3.03. The Kier molecular flexibility index (Phi) is 2.51. The third-order valence-electron chi connectivity index (χ3n) is 1.77. The molecule has 0 unspecified atom stereocenters. The van der Waals surface area contributed by atoms with Gasteiger partial charge >= 0.3 is 0 Å². The van der Waals surface area contributed by atoms with Crippen molar-refractivity contribution in [1.82, 2.24) is 10.2 Å². The maximum Gasteiger partial charge on any atom is 0.222 e. The van der Waals surface area contributed by atoms with E-state index in [1.165, 1.54) is 6.07 Å². The number of nitrogens with zero attached hydrogens (tertiary/aromatic N) is 1. The lowest BCUT2D eigenvalue weighted by molar-refractivity contribution is 1.03. The van der Waals surface area contributed by atoms with Gasteiger partial charge in [0.1, 0.15) is 0 Å². The first-order valence-corrected chi connectivity index (χ1v) is 5.17. The van der Waals surface area contributed by atoms with Gasteiger partial charge in [-0.15, -0.1) is 0 Å². The number of aromatic amines is 1. The number of fused-ring (bicyclic) bond motifs is 1. The highest BCUT2D eigenvalue weighted by atomic mass is 79.9. The van der Waals surface area contributed by atoms with Gasteiger partial charge in [0.05, 0.1) is 20.9 Å². The Bertz CT molecular complexity index is 567. The largest absolute Gasteiger partial charge is 0.286 e. The molecule has 1 aromatic carbocycles. The van der Waals surface area contributed by atoms with Crippen molar-refractivity contribution in [1.29, 1.82) is 0 Å². The molecule has 72 valence electrons. The molecule has 0 radical (unpaired) electrons. The zero-order valence-corrected chi connectivity index (χ0v) is 9.74. The smallest absolute Gasteiger partial charge is 0.222 e. The predicted molar refractivity (Wildman–Crippen MR) is 60.1 cm³/mol. The summed E-state index contributed by atoms with van der Waals surface area (Å²) in [7, 11) is 0. The fourth-order valence-corrected chi connectivity index (χ4v) is 1.73. The Balaban J connectivity index is 2.97. The van der Waals surface area contributed by atoms with Crippen LogP contribution in [0.1, 0.15) is 0 Å². The van der Waals surface area contributed by atoms with Crippen LogP contribution in [0.15, 0.2) is 21.5 Å². The minimum atomic E-state index is -0.211. The van der Waals surface area contributed by atoms with E-state index in [0.29, 0.717) is 20.9 Å². The van der Waals surface area contributed by atoms with Crippen LogP contribution in [0.5, 0.6) is 0 Å². The summed E-state index contributed by atoms with van der Waals surface area (Å²) in [5.74, 6) is 0. The van der Waals surface area contributed by atoms with Crippen LogP contribution in [-0.4, -0.2) is 10.2 Å². The van der Waals surface area contributed by atoms with Crippen LogP contribution in [0.2, 0.25) is 10.0 Å². The quantitative estimate of drug-likeness (QED) is 0.812. The molecule has 2 rings (SSSR count). The van der Waals surface area contributed by atoms with Crippen molar-refractivity contribution < 1.29 is 0 Å². The second-order valence-corrected chi connectivity index (χ2v) is 4.22. The average molecular weight is 294 g/mol. The fourth-order valence-electron chi connectivity index (χ4n) is 1.10. The molecule has 3 nitrogen and oxygen atoms in total. The number of hydrogen-bond acceptors (Lipinski definition) is 2. The average Bonchev–Trinajstić information content (AvgIpc) is 2.15. The molecule has 0 fully saturated rings. The molecule has 1 aromatic heterocycles. The van der Waals surface area contributed by atoms with Crippen molar-refractivity contribution in [3.05, 3.63) is 37.0 Å². The van der Waals surface area contributed by atoms with E-state index in [1.54, 1.807) is 6.07 Å². The number of halogens is 3. The summed E-state index contributed by atoms with van der Waals surface area (Å²) in [5, 5.41) is 7.64.